The number of aromatic nitrogens is 3. The molecule has 0 amide bonds. The second kappa shape index (κ2) is 4.24. The molecule has 0 saturated carbocycles. The second-order valence-electron chi connectivity index (χ2n) is 3.74. The molecule has 0 radical (unpaired) electrons. The zero-order chi connectivity index (χ0) is 12.5. The predicted octanol–water partition coefficient (Wildman–Crippen LogP) is 3.05. The molecule has 0 saturated heterocycles. The first-order chi connectivity index (χ1) is 8.79. The first-order valence-electron chi connectivity index (χ1n) is 5.27. The van der Waals surface area contributed by atoms with Gasteiger partial charge in [0.05, 0.1) is 11.1 Å². The Balaban J connectivity index is 2.20. The minimum absolute atomic E-state index is 0.554. The summed E-state index contributed by atoms with van der Waals surface area (Å²) in [6.07, 6.45) is 5.25. The third-order valence-corrected chi connectivity index (χ3v) is 3.32. The van der Waals surface area contributed by atoms with Crippen LogP contribution in [-0.4, -0.2) is 14.5 Å². The van der Waals surface area contributed by atoms with Crippen molar-refractivity contribution < 1.29 is 0 Å². The van der Waals surface area contributed by atoms with Crippen molar-refractivity contribution in [3.05, 3.63) is 53.0 Å². The molecule has 0 aliphatic heterocycles. The lowest BCUT2D eigenvalue weighted by molar-refractivity contribution is 1.04. The highest BCUT2D eigenvalue weighted by Gasteiger charge is 2.06. The van der Waals surface area contributed by atoms with E-state index in [4.69, 9.17) is 5.26 Å². The van der Waals surface area contributed by atoms with Gasteiger partial charge in [0.2, 0.25) is 0 Å². The lowest BCUT2D eigenvalue weighted by Gasteiger charge is -2.04. The molecule has 5 heteroatoms. The number of hydrogen-bond acceptors (Lipinski definition) is 3. The Morgan fingerprint density at radius 3 is 2.78 bits per heavy atom. The van der Waals surface area contributed by atoms with Crippen molar-refractivity contribution in [1.82, 2.24) is 14.5 Å². The molecule has 0 aliphatic rings. The lowest BCUT2D eigenvalue weighted by Crippen LogP contribution is -1.95. The van der Waals surface area contributed by atoms with Crippen LogP contribution in [0.4, 0.5) is 0 Å². The highest BCUT2D eigenvalue weighted by molar-refractivity contribution is 9.10. The topological polar surface area (TPSA) is 54.5 Å². The largest absolute Gasteiger partial charge is 0.301 e. The van der Waals surface area contributed by atoms with E-state index in [1.165, 1.54) is 0 Å². The Hall–Kier alpha value is -2.19. The van der Waals surface area contributed by atoms with Gasteiger partial charge in [-0.1, -0.05) is 0 Å². The van der Waals surface area contributed by atoms with Gasteiger partial charge in [0, 0.05) is 24.0 Å². The molecular weight excluding hydrogens is 292 g/mol. The summed E-state index contributed by atoms with van der Waals surface area (Å²) in [7, 11) is 0. The van der Waals surface area contributed by atoms with Crippen LogP contribution in [0.3, 0.4) is 0 Å². The van der Waals surface area contributed by atoms with Crippen molar-refractivity contribution in [1.29, 1.82) is 5.26 Å². The van der Waals surface area contributed by atoms with Gasteiger partial charge in [0.1, 0.15) is 16.5 Å². The third-order valence-electron chi connectivity index (χ3n) is 2.69. The monoisotopic (exact) mass is 298 g/mol. The van der Waals surface area contributed by atoms with Crippen LogP contribution in [0.25, 0.3) is 16.7 Å². The number of halogens is 1. The summed E-state index contributed by atoms with van der Waals surface area (Å²) in [5.74, 6) is 0.780. The number of rotatable bonds is 1. The van der Waals surface area contributed by atoms with Crippen LogP contribution >= 0.6 is 15.9 Å². The fourth-order valence-electron chi connectivity index (χ4n) is 1.83. The van der Waals surface area contributed by atoms with E-state index in [1.54, 1.807) is 18.5 Å². The molecule has 0 aromatic carbocycles. The average molecular weight is 299 g/mol. The SMILES string of the molecule is N#Cc1ccc(-n2ccc3c(Br)nccc32)nc1. The zero-order valence-corrected chi connectivity index (χ0v) is 10.8. The molecule has 4 nitrogen and oxygen atoms in total. The number of hydrogen-bond donors (Lipinski definition) is 0. The molecule has 0 spiro atoms. The highest BCUT2D eigenvalue weighted by Crippen LogP contribution is 2.24. The van der Waals surface area contributed by atoms with E-state index < -0.39 is 0 Å². The molecule has 18 heavy (non-hydrogen) atoms. The smallest absolute Gasteiger partial charge is 0.137 e. The summed E-state index contributed by atoms with van der Waals surface area (Å²) in [4.78, 5) is 8.46. The van der Waals surface area contributed by atoms with Gasteiger partial charge in [-0.25, -0.2) is 9.97 Å². The van der Waals surface area contributed by atoms with E-state index >= 15 is 0 Å². The molecule has 3 rings (SSSR count). The van der Waals surface area contributed by atoms with Gasteiger partial charge in [0.15, 0.2) is 0 Å². The number of nitriles is 1. The van der Waals surface area contributed by atoms with Crippen molar-refractivity contribution in [3.8, 4) is 11.9 Å². The van der Waals surface area contributed by atoms with E-state index in [0.29, 0.717) is 5.56 Å². The van der Waals surface area contributed by atoms with Crippen LogP contribution < -0.4 is 0 Å². The van der Waals surface area contributed by atoms with Crippen molar-refractivity contribution in [2.45, 2.75) is 0 Å². The van der Waals surface area contributed by atoms with Crippen LogP contribution in [0.2, 0.25) is 0 Å². The van der Waals surface area contributed by atoms with Gasteiger partial charge >= 0.3 is 0 Å². The molecule has 0 bridgehead atoms. The number of nitrogens with zero attached hydrogens (tertiary/aromatic N) is 4. The maximum Gasteiger partial charge on any atom is 0.137 e. The zero-order valence-electron chi connectivity index (χ0n) is 9.21. The fourth-order valence-corrected chi connectivity index (χ4v) is 2.28. The Morgan fingerprint density at radius 1 is 1.17 bits per heavy atom. The van der Waals surface area contributed by atoms with Crippen molar-refractivity contribution in [2.24, 2.45) is 0 Å². The third kappa shape index (κ3) is 1.67. The van der Waals surface area contributed by atoms with Crippen LogP contribution in [0, 0.1) is 11.3 Å². The van der Waals surface area contributed by atoms with Gasteiger partial charge in [-0.2, -0.15) is 5.26 Å². The van der Waals surface area contributed by atoms with Crippen LogP contribution in [0.5, 0.6) is 0 Å². The van der Waals surface area contributed by atoms with Crippen LogP contribution in [-0.2, 0) is 0 Å². The van der Waals surface area contributed by atoms with Crippen LogP contribution in [0.15, 0.2) is 47.5 Å². The average Bonchev–Trinajstić information content (AvgIpc) is 2.84. The van der Waals surface area contributed by atoms with E-state index in [-0.39, 0.29) is 0 Å². The minimum atomic E-state index is 0.554. The summed E-state index contributed by atoms with van der Waals surface area (Å²) in [6.45, 7) is 0. The second-order valence-corrected chi connectivity index (χ2v) is 4.49. The minimum Gasteiger partial charge on any atom is -0.301 e. The Bertz CT molecular complexity index is 753. The number of fused-ring (bicyclic) bond motifs is 1. The first-order valence-corrected chi connectivity index (χ1v) is 6.07. The summed E-state index contributed by atoms with van der Waals surface area (Å²) < 4.78 is 2.77. The van der Waals surface area contributed by atoms with E-state index in [1.807, 2.05) is 29.0 Å². The lowest BCUT2D eigenvalue weighted by atomic mass is 10.3. The van der Waals surface area contributed by atoms with Crippen molar-refractivity contribution >= 4 is 26.8 Å². The summed E-state index contributed by atoms with van der Waals surface area (Å²) in [6, 6.07) is 9.55. The normalized spacial score (nSPS) is 10.4. The Labute approximate surface area is 112 Å². The summed E-state index contributed by atoms with van der Waals surface area (Å²) >= 11 is 3.42. The molecule has 0 fully saturated rings. The molecule has 0 aliphatic carbocycles. The molecular formula is C13H7BrN4. The standard InChI is InChI=1S/C13H7BrN4/c14-13-10-4-6-18(11(10)3-5-16-13)12-2-1-9(7-15)8-17-12/h1-6,8H. The summed E-state index contributed by atoms with van der Waals surface area (Å²) in [5.41, 5.74) is 1.58. The summed E-state index contributed by atoms with van der Waals surface area (Å²) in [5, 5.41) is 9.79. The Morgan fingerprint density at radius 2 is 2.06 bits per heavy atom. The van der Waals surface area contributed by atoms with Crippen molar-refractivity contribution in [2.75, 3.05) is 0 Å². The van der Waals surface area contributed by atoms with E-state index in [9.17, 15) is 0 Å². The molecule has 0 atom stereocenters. The number of pyridine rings is 2. The highest BCUT2D eigenvalue weighted by atomic mass is 79.9. The van der Waals surface area contributed by atoms with Gasteiger partial charge in [-0.05, 0) is 40.2 Å². The molecule has 3 heterocycles. The Kier molecular flexibility index (Phi) is 2.58. The van der Waals surface area contributed by atoms with Gasteiger partial charge in [-0.3, -0.25) is 0 Å². The van der Waals surface area contributed by atoms with Crippen LogP contribution in [0.1, 0.15) is 5.56 Å². The fraction of sp³-hybridized carbons (Fsp3) is 0. The predicted molar refractivity (Wildman–Crippen MR) is 71.3 cm³/mol. The molecule has 86 valence electrons. The van der Waals surface area contributed by atoms with E-state index in [2.05, 4.69) is 32.0 Å². The maximum absolute atomic E-state index is 8.76. The molecule has 0 N–H and O–H groups in total. The molecule has 3 aromatic heterocycles. The quantitative estimate of drug-likeness (QED) is 0.649. The molecule has 0 unspecified atom stereocenters. The van der Waals surface area contributed by atoms with Crippen molar-refractivity contribution in [3.63, 3.8) is 0 Å². The van der Waals surface area contributed by atoms with Gasteiger partial charge in [-0.15, -0.1) is 0 Å². The molecule has 3 aromatic rings. The first kappa shape index (κ1) is 10.9. The van der Waals surface area contributed by atoms with E-state index in [0.717, 1.165) is 21.3 Å². The van der Waals surface area contributed by atoms with Gasteiger partial charge < -0.3 is 4.57 Å². The maximum atomic E-state index is 8.76. The van der Waals surface area contributed by atoms with Gasteiger partial charge in [0.25, 0.3) is 0 Å².